The molecule has 0 bridgehead atoms. The molecule has 1 aromatic rings. The summed E-state index contributed by atoms with van der Waals surface area (Å²) in [5.41, 5.74) is 0. The SMILES string of the molecule is Clc1cc(Br)cnc1N1CCC(C2CCCN2)CC1. The molecule has 3 rings (SSSR count). The van der Waals surface area contributed by atoms with Gasteiger partial charge in [0.2, 0.25) is 0 Å². The van der Waals surface area contributed by atoms with Gasteiger partial charge in [-0.05, 0) is 60.1 Å². The molecule has 0 saturated carbocycles. The third-order valence-corrected chi connectivity index (χ3v) is 5.01. The standard InChI is InChI=1S/C14H19BrClN3/c15-11-8-12(16)14(18-9-11)19-6-3-10(4-7-19)13-2-1-5-17-13/h8-10,13,17H,1-7H2. The van der Waals surface area contributed by atoms with Crippen LogP contribution >= 0.6 is 27.5 Å². The van der Waals surface area contributed by atoms with Crippen LogP contribution in [0.15, 0.2) is 16.7 Å². The summed E-state index contributed by atoms with van der Waals surface area (Å²) in [5, 5.41) is 4.38. The van der Waals surface area contributed by atoms with E-state index >= 15 is 0 Å². The van der Waals surface area contributed by atoms with Crippen molar-refractivity contribution in [3.8, 4) is 0 Å². The third kappa shape index (κ3) is 3.06. The minimum Gasteiger partial charge on any atom is -0.355 e. The van der Waals surface area contributed by atoms with Gasteiger partial charge in [-0.1, -0.05) is 11.6 Å². The summed E-state index contributed by atoms with van der Waals surface area (Å²) in [6.45, 7) is 3.33. The number of aromatic nitrogens is 1. The van der Waals surface area contributed by atoms with E-state index in [9.17, 15) is 0 Å². The zero-order valence-corrected chi connectivity index (χ0v) is 13.3. The summed E-state index contributed by atoms with van der Waals surface area (Å²) in [7, 11) is 0. The fourth-order valence-corrected chi connectivity index (χ4v) is 4.02. The van der Waals surface area contributed by atoms with Crippen LogP contribution < -0.4 is 10.2 Å². The van der Waals surface area contributed by atoms with Crippen LogP contribution in [0.2, 0.25) is 5.02 Å². The van der Waals surface area contributed by atoms with Crippen LogP contribution in [-0.4, -0.2) is 30.7 Å². The Bertz CT molecular complexity index is 440. The number of piperidine rings is 1. The number of halogens is 2. The zero-order chi connectivity index (χ0) is 13.2. The first-order valence-electron chi connectivity index (χ1n) is 7.03. The highest BCUT2D eigenvalue weighted by molar-refractivity contribution is 9.10. The van der Waals surface area contributed by atoms with E-state index in [0.29, 0.717) is 0 Å². The summed E-state index contributed by atoms with van der Waals surface area (Å²) in [6.07, 6.45) is 7.00. The van der Waals surface area contributed by atoms with E-state index in [-0.39, 0.29) is 0 Å². The van der Waals surface area contributed by atoms with Crippen LogP contribution in [0.25, 0.3) is 0 Å². The highest BCUT2D eigenvalue weighted by atomic mass is 79.9. The lowest BCUT2D eigenvalue weighted by atomic mass is 9.88. The topological polar surface area (TPSA) is 28.2 Å². The number of hydrogen-bond donors (Lipinski definition) is 1. The van der Waals surface area contributed by atoms with Gasteiger partial charge >= 0.3 is 0 Å². The third-order valence-electron chi connectivity index (χ3n) is 4.30. The Labute approximate surface area is 127 Å². The van der Waals surface area contributed by atoms with E-state index in [1.54, 1.807) is 0 Å². The Morgan fingerprint density at radius 1 is 1.32 bits per heavy atom. The summed E-state index contributed by atoms with van der Waals surface area (Å²) < 4.78 is 0.936. The maximum atomic E-state index is 6.28. The molecule has 2 aliphatic rings. The molecule has 1 atom stereocenters. The summed E-state index contributed by atoms with van der Waals surface area (Å²) >= 11 is 9.68. The second kappa shape index (κ2) is 5.98. The largest absolute Gasteiger partial charge is 0.355 e. The van der Waals surface area contributed by atoms with Crippen LogP contribution in [0.5, 0.6) is 0 Å². The lowest BCUT2D eigenvalue weighted by Gasteiger charge is -2.35. The lowest BCUT2D eigenvalue weighted by Crippen LogP contribution is -2.41. The molecule has 0 aromatic carbocycles. The van der Waals surface area contributed by atoms with E-state index < -0.39 is 0 Å². The summed E-state index contributed by atoms with van der Waals surface area (Å²) in [5.74, 6) is 1.76. The van der Waals surface area contributed by atoms with Crippen LogP contribution in [0.4, 0.5) is 5.82 Å². The van der Waals surface area contributed by atoms with Crippen LogP contribution in [0.1, 0.15) is 25.7 Å². The Kier molecular flexibility index (Phi) is 4.30. The predicted octanol–water partition coefficient (Wildman–Crippen LogP) is 3.47. The first-order valence-corrected chi connectivity index (χ1v) is 8.20. The monoisotopic (exact) mass is 343 g/mol. The van der Waals surface area contributed by atoms with Gasteiger partial charge in [0.25, 0.3) is 0 Å². The zero-order valence-electron chi connectivity index (χ0n) is 10.9. The van der Waals surface area contributed by atoms with Crippen molar-refractivity contribution >= 4 is 33.3 Å². The number of rotatable bonds is 2. The summed E-state index contributed by atoms with van der Waals surface area (Å²) in [6, 6.07) is 2.67. The number of anilines is 1. The molecule has 3 heterocycles. The second-order valence-corrected chi connectivity index (χ2v) is 6.81. The quantitative estimate of drug-likeness (QED) is 0.890. The molecule has 0 aliphatic carbocycles. The predicted molar refractivity (Wildman–Crippen MR) is 82.9 cm³/mol. The summed E-state index contributed by atoms with van der Waals surface area (Å²) in [4.78, 5) is 6.78. The van der Waals surface area contributed by atoms with Gasteiger partial charge in [0, 0.05) is 29.8 Å². The van der Waals surface area contributed by atoms with Gasteiger partial charge in [0.15, 0.2) is 0 Å². The van der Waals surface area contributed by atoms with Gasteiger partial charge < -0.3 is 10.2 Å². The van der Waals surface area contributed by atoms with Gasteiger partial charge in [0.05, 0.1) is 5.02 Å². The smallest absolute Gasteiger partial charge is 0.147 e. The second-order valence-electron chi connectivity index (χ2n) is 5.49. The fourth-order valence-electron chi connectivity index (χ4n) is 3.27. The average Bonchev–Trinajstić information content (AvgIpc) is 2.93. The van der Waals surface area contributed by atoms with Crippen LogP contribution in [0.3, 0.4) is 0 Å². The molecule has 5 heteroatoms. The highest BCUT2D eigenvalue weighted by Gasteiger charge is 2.29. The van der Waals surface area contributed by atoms with Crippen molar-refractivity contribution in [3.05, 3.63) is 21.8 Å². The molecule has 0 radical (unpaired) electrons. The van der Waals surface area contributed by atoms with Crippen molar-refractivity contribution in [2.24, 2.45) is 5.92 Å². The number of pyridine rings is 1. The Balaban J connectivity index is 1.63. The maximum absolute atomic E-state index is 6.28. The number of nitrogens with zero attached hydrogens (tertiary/aromatic N) is 2. The molecule has 104 valence electrons. The minimum atomic E-state index is 0.742. The van der Waals surface area contributed by atoms with Gasteiger partial charge in [0.1, 0.15) is 5.82 Å². The van der Waals surface area contributed by atoms with E-state index in [2.05, 4.69) is 31.1 Å². The van der Waals surface area contributed by atoms with E-state index in [1.165, 1.54) is 32.2 Å². The molecule has 2 aliphatic heterocycles. The first kappa shape index (κ1) is 13.7. The molecule has 3 nitrogen and oxygen atoms in total. The number of hydrogen-bond acceptors (Lipinski definition) is 3. The van der Waals surface area contributed by atoms with Crippen molar-refractivity contribution < 1.29 is 0 Å². The van der Waals surface area contributed by atoms with Crippen molar-refractivity contribution in [2.45, 2.75) is 31.7 Å². The van der Waals surface area contributed by atoms with E-state index in [4.69, 9.17) is 11.6 Å². The van der Waals surface area contributed by atoms with Gasteiger partial charge in [-0.2, -0.15) is 0 Å². The molecule has 2 fully saturated rings. The first-order chi connectivity index (χ1) is 9.24. The molecule has 0 spiro atoms. The molecule has 1 unspecified atom stereocenters. The van der Waals surface area contributed by atoms with E-state index in [1.807, 2.05) is 12.3 Å². The highest BCUT2D eigenvalue weighted by Crippen LogP contribution is 2.31. The van der Waals surface area contributed by atoms with Gasteiger partial charge in [-0.25, -0.2) is 4.98 Å². The molecule has 1 aromatic heterocycles. The van der Waals surface area contributed by atoms with Crippen LogP contribution in [0, 0.1) is 5.92 Å². The van der Waals surface area contributed by atoms with Crippen molar-refractivity contribution in [1.82, 2.24) is 10.3 Å². The average molecular weight is 345 g/mol. The van der Waals surface area contributed by atoms with Crippen molar-refractivity contribution in [1.29, 1.82) is 0 Å². The Hall–Kier alpha value is -0.320. The Morgan fingerprint density at radius 3 is 2.74 bits per heavy atom. The van der Waals surface area contributed by atoms with Crippen molar-refractivity contribution in [2.75, 3.05) is 24.5 Å². The van der Waals surface area contributed by atoms with E-state index in [0.717, 1.165) is 40.4 Å². The van der Waals surface area contributed by atoms with Crippen LogP contribution in [-0.2, 0) is 0 Å². The molecular formula is C14H19BrClN3. The fraction of sp³-hybridized carbons (Fsp3) is 0.643. The molecule has 2 saturated heterocycles. The minimum absolute atomic E-state index is 0.742. The van der Waals surface area contributed by atoms with Gasteiger partial charge in [-0.3, -0.25) is 0 Å². The normalized spacial score (nSPS) is 24.9. The number of nitrogens with one attached hydrogen (secondary N) is 1. The molecule has 0 amide bonds. The maximum Gasteiger partial charge on any atom is 0.147 e. The molecule has 19 heavy (non-hydrogen) atoms. The van der Waals surface area contributed by atoms with Crippen molar-refractivity contribution in [3.63, 3.8) is 0 Å². The molecular weight excluding hydrogens is 326 g/mol. The van der Waals surface area contributed by atoms with Gasteiger partial charge in [-0.15, -0.1) is 0 Å². The Morgan fingerprint density at radius 2 is 2.11 bits per heavy atom. The lowest BCUT2D eigenvalue weighted by molar-refractivity contribution is 0.318. The molecule has 1 N–H and O–H groups in total.